The highest BCUT2D eigenvalue weighted by molar-refractivity contribution is 5.96. The number of methoxy groups -OCH3 is 1. The van der Waals surface area contributed by atoms with Gasteiger partial charge >= 0.3 is 5.97 Å². The molecule has 0 spiro atoms. The maximum absolute atomic E-state index is 13.0. The molecule has 1 fully saturated rings. The summed E-state index contributed by atoms with van der Waals surface area (Å²) in [6.45, 7) is 11.4. The molecular formula is C21H37N3O5. The van der Waals surface area contributed by atoms with Crippen molar-refractivity contribution in [1.82, 2.24) is 9.80 Å². The highest BCUT2D eigenvalue weighted by Crippen LogP contribution is 2.24. The Morgan fingerprint density at radius 2 is 1.83 bits per heavy atom. The van der Waals surface area contributed by atoms with Crippen molar-refractivity contribution in [2.45, 2.75) is 72.2 Å². The molecule has 0 aromatic rings. The Morgan fingerprint density at radius 3 is 2.28 bits per heavy atom. The summed E-state index contributed by atoms with van der Waals surface area (Å²) in [5.74, 6) is -1.06. The molecule has 0 aliphatic carbocycles. The molecule has 1 rings (SSSR count). The van der Waals surface area contributed by atoms with Crippen LogP contribution < -0.4 is 5.73 Å². The number of carbonyl (C=O) groups is 3. The van der Waals surface area contributed by atoms with Gasteiger partial charge in [-0.25, -0.2) is 4.79 Å². The number of aliphatic hydroxyl groups excluding tert-OH is 1. The maximum Gasteiger partial charge on any atom is 0.328 e. The predicted molar refractivity (Wildman–Crippen MR) is 111 cm³/mol. The van der Waals surface area contributed by atoms with Gasteiger partial charge in [0.05, 0.1) is 25.3 Å². The van der Waals surface area contributed by atoms with Crippen molar-refractivity contribution in [3.63, 3.8) is 0 Å². The van der Waals surface area contributed by atoms with E-state index in [0.29, 0.717) is 5.57 Å². The number of hydrogen-bond donors (Lipinski definition) is 2. The van der Waals surface area contributed by atoms with Crippen molar-refractivity contribution < 1.29 is 24.2 Å². The molecule has 8 heteroatoms. The van der Waals surface area contributed by atoms with Gasteiger partial charge in [0.15, 0.2) is 0 Å². The molecule has 1 saturated heterocycles. The van der Waals surface area contributed by atoms with Crippen molar-refractivity contribution in [2.75, 3.05) is 20.7 Å². The summed E-state index contributed by atoms with van der Waals surface area (Å²) in [5, 5.41) is 9.93. The first kappa shape index (κ1) is 25.1. The largest absolute Gasteiger partial charge is 0.467 e. The van der Waals surface area contributed by atoms with E-state index in [1.165, 1.54) is 12.0 Å². The third kappa shape index (κ3) is 6.02. The van der Waals surface area contributed by atoms with Crippen LogP contribution in [0.4, 0.5) is 0 Å². The van der Waals surface area contributed by atoms with Gasteiger partial charge in [0.2, 0.25) is 11.8 Å². The number of ether oxygens (including phenoxy) is 1. The fraction of sp³-hybridized carbons (Fsp3) is 0.762. The maximum atomic E-state index is 13.0. The Kier molecular flexibility index (Phi) is 8.41. The number of esters is 1. The molecule has 8 nitrogen and oxygen atoms in total. The van der Waals surface area contributed by atoms with Gasteiger partial charge in [-0.2, -0.15) is 0 Å². The molecule has 1 aliphatic rings. The van der Waals surface area contributed by atoms with E-state index < -0.39 is 24.2 Å². The number of likely N-dealkylation sites (N-methyl/N-ethyl adjacent to an activating group) is 1. The van der Waals surface area contributed by atoms with Crippen LogP contribution in [0.3, 0.4) is 0 Å². The Hall–Kier alpha value is -1.93. The first-order valence-electron chi connectivity index (χ1n) is 9.99. The molecule has 29 heavy (non-hydrogen) atoms. The Labute approximate surface area is 174 Å². The molecule has 0 aromatic heterocycles. The van der Waals surface area contributed by atoms with Gasteiger partial charge in [0.25, 0.3) is 0 Å². The fourth-order valence-electron chi connectivity index (χ4n) is 3.44. The molecular weight excluding hydrogens is 374 g/mol. The number of carbonyl (C=O) groups excluding carboxylic acids is 3. The van der Waals surface area contributed by atoms with E-state index in [-0.39, 0.29) is 42.2 Å². The van der Waals surface area contributed by atoms with E-state index in [2.05, 4.69) is 0 Å². The molecule has 0 radical (unpaired) electrons. The number of nitrogens with two attached hydrogens (primary N) is 1. The van der Waals surface area contributed by atoms with E-state index in [4.69, 9.17) is 10.5 Å². The number of amides is 2. The van der Waals surface area contributed by atoms with Crippen LogP contribution in [0.5, 0.6) is 0 Å². The molecule has 0 bridgehead atoms. The van der Waals surface area contributed by atoms with Gasteiger partial charge in [0.1, 0.15) is 6.04 Å². The van der Waals surface area contributed by atoms with E-state index >= 15 is 0 Å². The number of β-amino-alcohol motifs (C(OH)–C–C–N with tert-alkyl or cyclic N) is 1. The quantitative estimate of drug-likeness (QED) is 0.496. The minimum Gasteiger partial charge on any atom is -0.467 e. The number of aliphatic hydroxyl groups is 1. The molecule has 0 saturated carbocycles. The standard InChI is InChI=1S/C21H37N3O5/c1-12(2)15(23(7)19(27)17(22)21(4,5)6)9-13(3)18(26)24-11-14(25)10-16(24)20(28)29-8/h9,12,14-17,25H,10-11,22H2,1-8H3/b13-9+/t14-,15-,16+,17-/m1/s1. The summed E-state index contributed by atoms with van der Waals surface area (Å²) in [6.07, 6.45) is 1.11. The number of rotatable bonds is 6. The third-order valence-electron chi connectivity index (χ3n) is 5.45. The minimum absolute atomic E-state index is 0.0411. The molecule has 166 valence electrons. The third-order valence-corrected chi connectivity index (χ3v) is 5.45. The van der Waals surface area contributed by atoms with Gasteiger partial charge in [-0.15, -0.1) is 0 Å². The second kappa shape index (κ2) is 9.71. The van der Waals surface area contributed by atoms with Crippen LogP contribution >= 0.6 is 0 Å². The fourth-order valence-corrected chi connectivity index (χ4v) is 3.44. The van der Waals surface area contributed by atoms with Crippen molar-refractivity contribution in [1.29, 1.82) is 0 Å². The van der Waals surface area contributed by atoms with Gasteiger partial charge < -0.3 is 25.4 Å². The van der Waals surface area contributed by atoms with Gasteiger partial charge in [-0.05, 0) is 18.3 Å². The lowest BCUT2D eigenvalue weighted by Gasteiger charge is -2.35. The van der Waals surface area contributed by atoms with Crippen LogP contribution in [0, 0.1) is 11.3 Å². The summed E-state index contributed by atoms with van der Waals surface area (Å²) in [6, 6.07) is -1.82. The first-order chi connectivity index (χ1) is 13.2. The Balaban J connectivity index is 3.10. The zero-order chi connectivity index (χ0) is 22.7. The van der Waals surface area contributed by atoms with E-state index in [9.17, 15) is 19.5 Å². The van der Waals surface area contributed by atoms with Crippen LogP contribution in [0.2, 0.25) is 0 Å². The van der Waals surface area contributed by atoms with Crippen molar-refractivity contribution in [3.05, 3.63) is 11.6 Å². The smallest absolute Gasteiger partial charge is 0.328 e. The minimum atomic E-state index is -0.808. The Bertz CT molecular complexity index is 653. The van der Waals surface area contributed by atoms with E-state index in [0.717, 1.165) is 0 Å². The topological polar surface area (TPSA) is 113 Å². The normalized spacial score (nSPS) is 22.4. The first-order valence-corrected chi connectivity index (χ1v) is 9.99. The molecule has 0 unspecified atom stereocenters. The second-order valence-electron chi connectivity index (χ2n) is 9.26. The SMILES string of the molecule is COC(=O)[C@@H]1C[C@@H](O)CN1C(=O)/C(C)=C/[C@H](C(C)C)N(C)C(=O)[C@@H](N)C(C)(C)C. The summed E-state index contributed by atoms with van der Waals surface area (Å²) in [5.41, 5.74) is 6.15. The lowest BCUT2D eigenvalue weighted by Crippen LogP contribution is -2.52. The lowest BCUT2D eigenvalue weighted by atomic mass is 9.86. The molecule has 1 aliphatic heterocycles. The van der Waals surface area contributed by atoms with Crippen LogP contribution in [-0.2, 0) is 19.1 Å². The van der Waals surface area contributed by atoms with Crippen LogP contribution in [0.25, 0.3) is 0 Å². The molecule has 0 aromatic carbocycles. The zero-order valence-electron chi connectivity index (χ0n) is 18.9. The van der Waals surface area contributed by atoms with Gasteiger partial charge in [-0.1, -0.05) is 40.7 Å². The number of likely N-dealkylation sites (tertiary alicyclic amines) is 1. The molecule has 2 amide bonds. The monoisotopic (exact) mass is 411 g/mol. The average molecular weight is 412 g/mol. The van der Waals surface area contributed by atoms with E-state index in [1.807, 2.05) is 34.6 Å². The summed E-state index contributed by atoms with van der Waals surface area (Å²) in [4.78, 5) is 40.7. The van der Waals surface area contributed by atoms with Crippen molar-refractivity contribution in [2.24, 2.45) is 17.1 Å². The molecule has 3 N–H and O–H groups in total. The second-order valence-corrected chi connectivity index (χ2v) is 9.26. The van der Waals surface area contributed by atoms with Crippen LogP contribution in [0.15, 0.2) is 11.6 Å². The highest BCUT2D eigenvalue weighted by Gasteiger charge is 2.40. The Morgan fingerprint density at radius 1 is 1.28 bits per heavy atom. The molecule has 1 heterocycles. The highest BCUT2D eigenvalue weighted by atomic mass is 16.5. The van der Waals surface area contributed by atoms with Gasteiger partial charge in [0, 0.05) is 25.6 Å². The number of nitrogens with zero attached hydrogens (tertiary/aromatic N) is 2. The number of hydrogen-bond acceptors (Lipinski definition) is 6. The summed E-state index contributed by atoms with van der Waals surface area (Å²) >= 11 is 0. The van der Waals surface area contributed by atoms with Gasteiger partial charge in [-0.3, -0.25) is 9.59 Å². The van der Waals surface area contributed by atoms with Crippen LogP contribution in [0.1, 0.15) is 48.0 Å². The molecule has 4 atom stereocenters. The van der Waals surface area contributed by atoms with Crippen LogP contribution in [-0.4, -0.2) is 77.6 Å². The van der Waals surface area contributed by atoms with E-state index in [1.54, 1.807) is 24.9 Å². The lowest BCUT2D eigenvalue weighted by molar-refractivity contribution is -0.149. The van der Waals surface area contributed by atoms with Crippen molar-refractivity contribution in [3.8, 4) is 0 Å². The summed E-state index contributed by atoms with van der Waals surface area (Å²) < 4.78 is 4.76. The predicted octanol–water partition coefficient (Wildman–Crippen LogP) is 0.924. The zero-order valence-corrected chi connectivity index (χ0v) is 18.9. The summed E-state index contributed by atoms with van der Waals surface area (Å²) in [7, 11) is 2.94. The average Bonchev–Trinajstić information content (AvgIpc) is 3.03. The van der Waals surface area contributed by atoms with Crippen molar-refractivity contribution >= 4 is 17.8 Å².